The van der Waals surface area contributed by atoms with Crippen molar-refractivity contribution < 1.29 is 4.79 Å². The van der Waals surface area contributed by atoms with Gasteiger partial charge in [-0.05, 0) is 99.3 Å². The standard InChI is InChI=1S/C33H35N5O.2ClH/c1-22-8-11-28-26(5-3-6-29(28)36-22)25-15-18-37(19-16-25)17-14-24-4-2-7-30-27(24)12-13-31-32(35-21-38(30)31)33(39)34-20-23-9-10-23;;/h2-8,11-13,21,23,25H,9-10,14-20H2,1H3,(H,34,39);2*1H. The Balaban J connectivity index is 0.00000169. The van der Waals surface area contributed by atoms with Gasteiger partial charge in [-0.1, -0.05) is 36.4 Å². The number of nitrogens with one attached hydrogen (secondary N) is 1. The summed E-state index contributed by atoms with van der Waals surface area (Å²) in [5.74, 6) is 1.17. The molecule has 1 saturated heterocycles. The van der Waals surface area contributed by atoms with Crippen molar-refractivity contribution in [2.24, 2.45) is 5.92 Å². The Labute approximate surface area is 253 Å². The third-order valence-corrected chi connectivity index (χ3v) is 8.74. The summed E-state index contributed by atoms with van der Waals surface area (Å²) in [4.78, 5) is 24.6. The Hall–Kier alpha value is -3.19. The monoisotopic (exact) mass is 589 g/mol. The zero-order valence-electron chi connectivity index (χ0n) is 23.4. The number of carbonyl (C=O) groups is 1. The third kappa shape index (κ3) is 5.92. The van der Waals surface area contributed by atoms with E-state index in [-0.39, 0.29) is 30.7 Å². The van der Waals surface area contributed by atoms with Gasteiger partial charge in [-0.15, -0.1) is 24.8 Å². The maximum atomic E-state index is 12.7. The molecule has 2 aliphatic rings. The minimum atomic E-state index is -0.0711. The fourth-order valence-electron chi connectivity index (χ4n) is 6.29. The normalized spacial score (nSPS) is 16.0. The topological polar surface area (TPSA) is 62.5 Å². The molecule has 5 aromatic rings. The third-order valence-electron chi connectivity index (χ3n) is 8.74. The van der Waals surface area contributed by atoms with Crippen LogP contribution in [0.5, 0.6) is 0 Å². The van der Waals surface area contributed by atoms with E-state index in [4.69, 9.17) is 4.98 Å². The average molecular weight is 591 g/mol. The second-order valence-electron chi connectivity index (χ2n) is 11.4. The van der Waals surface area contributed by atoms with Crippen molar-refractivity contribution in [3.8, 4) is 0 Å². The van der Waals surface area contributed by atoms with Crippen molar-refractivity contribution in [1.82, 2.24) is 24.6 Å². The number of pyridine rings is 2. The summed E-state index contributed by atoms with van der Waals surface area (Å²) in [7, 11) is 0. The van der Waals surface area contributed by atoms with Crippen LogP contribution in [0.1, 0.15) is 58.9 Å². The highest BCUT2D eigenvalue weighted by Crippen LogP contribution is 2.33. The number of halogens is 2. The van der Waals surface area contributed by atoms with E-state index >= 15 is 0 Å². The van der Waals surface area contributed by atoms with E-state index in [1.165, 1.54) is 47.6 Å². The molecule has 1 aliphatic heterocycles. The Morgan fingerprint density at radius 3 is 2.49 bits per heavy atom. The molecule has 0 spiro atoms. The molecule has 0 atom stereocenters. The highest BCUT2D eigenvalue weighted by Gasteiger charge is 2.24. The van der Waals surface area contributed by atoms with Crippen molar-refractivity contribution in [2.45, 2.75) is 44.9 Å². The van der Waals surface area contributed by atoms with Gasteiger partial charge in [-0.25, -0.2) is 4.98 Å². The maximum Gasteiger partial charge on any atom is 0.272 e. The van der Waals surface area contributed by atoms with Crippen molar-refractivity contribution in [1.29, 1.82) is 0 Å². The molecule has 1 aliphatic carbocycles. The molecule has 1 N–H and O–H groups in total. The predicted octanol–water partition coefficient (Wildman–Crippen LogP) is 6.75. The second-order valence-corrected chi connectivity index (χ2v) is 11.4. The lowest BCUT2D eigenvalue weighted by atomic mass is 9.87. The van der Waals surface area contributed by atoms with Gasteiger partial charge in [0.05, 0.1) is 16.6 Å². The number of carbonyl (C=O) groups excluding carboxylic acids is 1. The van der Waals surface area contributed by atoms with E-state index in [1.807, 2.05) is 0 Å². The van der Waals surface area contributed by atoms with Gasteiger partial charge in [-0.3, -0.25) is 14.2 Å². The van der Waals surface area contributed by atoms with E-state index in [1.54, 1.807) is 6.33 Å². The number of amides is 1. The van der Waals surface area contributed by atoms with Gasteiger partial charge in [0.15, 0.2) is 5.69 Å². The molecule has 214 valence electrons. The van der Waals surface area contributed by atoms with Crippen LogP contribution >= 0.6 is 24.8 Å². The quantitative estimate of drug-likeness (QED) is 0.228. The number of benzene rings is 2. The number of rotatable bonds is 7. The molecule has 41 heavy (non-hydrogen) atoms. The van der Waals surface area contributed by atoms with E-state index < -0.39 is 0 Å². The summed E-state index contributed by atoms with van der Waals surface area (Å²) in [6.45, 7) is 6.11. The Bertz CT molecular complexity index is 1690. The van der Waals surface area contributed by atoms with Crippen LogP contribution in [0.15, 0.2) is 67.0 Å². The first-order chi connectivity index (χ1) is 19.1. The Kier molecular flexibility index (Phi) is 8.83. The van der Waals surface area contributed by atoms with Crippen LogP contribution in [0.25, 0.3) is 27.3 Å². The smallest absolute Gasteiger partial charge is 0.272 e. The summed E-state index contributed by atoms with van der Waals surface area (Å²) >= 11 is 0. The van der Waals surface area contributed by atoms with Gasteiger partial charge in [-0.2, -0.15) is 0 Å². The number of imidazole rings is 1. The summed E-state index contributed by atoms with van der Waals surface area (Å²) in [6, 6.07) is 21.7. The summed E-state index contributed by atoms with van der Waals surface area (Å²) < 4.78 is 2.07. The Morgan fingerprint density at radius 1 is 0.902 bits per heavy atom. The Morgan fingerprint density at radius 2 is 1.68 bits per heavy atom. The SMILES string of the molecule is Cc1ccc2c(C3CCN(CCc4cccc5c4ccc4c(C(=O)NCC6CC6)ncn45)CC3)cccc2n1.Cl.Cl. The van der Waals surface area contributed by atoms with E-state index in [0.29, 0.717) is 17.5 Å². The molecule has 0 unspecified atom stereocenters. The van der Waals surface area contributed by atoms with Crippen molar-refractivity contribution in [3.63, 3.8) is 0 Å². The minimum absolute atomic E-state index is 0. The van der Waals surface area contributed by atoms with Crippen LogP contribution in [0, 0.1) is 12.8 Å². The van der Waals surface area contributed by atoms with Gasteiger partial charge in [0.1, 0.15) is 6.33 Å². The molecular formula is C33H37Cl2N5O. The molecule has 4 heterocycles. The van der Waals surface area contributed by atoms with E-state index in [2.05, 4.69) is 87.2 Å². The molecular weight excluding hydrogens is 553 g/mol. The molecule has 1 amide bonds. The largest absolute Gasteiger partial charge is 0.350 e. The summed E-state index contributed by atoms with van der Waals surface area (Å²) in [5, 5.41) is 5.60. The number of piperidine rings is 1. The fraction of sp³-hybridized carbons (Fsp3) is 0.364. The van der Waals surface area contributed by atoms with Crippen molar-refractivity contribution >= 4 is 58.0 Å². The van der Waals surface area contributed by atoms with Crippen molar-refractivity contribution in [3.05, 3.63) is 89.5 Å². The number of hydrogen-bond acceptors (Lipinski definition) is 4. The van der Waals surface area contributed by atoms with E-state index in [0.717, 1.165) is 54.8 Å². The van der Waals surface area contributed by atoms with E-state index in [9.17, 15) is 4.79 Å². The van der Waals surface area contributed by atoms with Crippen LogP contribution in [-0.2, 0) is 6.42 Å². The summed E-state index contributed by atoms with van der Waals surface area (Å²) in [6.07, 6.45) is 7.61. The molecule has 6 nitrogen and oxygen atoms in total. The van der Waals surface area contributed by atoms with Crippen LogP contribution in [-0.4, -0.2) is 51.4 Å². The average Bonchev–Trinajstić information content (AvgIpc) is 3.70. The first kappa shape index (κ1) is 29.3. The molecule has 2 aromatic carbocycles. The molecule has 1 saturated carbocycles. The molecule has 3 aromatic heterocycles. The van der Waals surface area contributed by atoms with Crippen LogP contribution in [0.3, 0.4) is 0 Å². The predicted molar refractivity (Wildman–Crippen MR) is 171 cm³/mol. The lowest BCUT2D eigenvalue weighted by Gasteiger charge is -2.32. The van der Waals surface area contributed by atoms with Gasteiger partial charge in [0.2, 0.25) is 0 Å². The lowest BCUT2D eigenvalue weighted by Crippen LogP contribution is -2.34. The van der Waals surface area contributed by atoms with Crippen molar-refractivity contribution in [2.75, 3.05) is 26.2 Å². The number of fused-ring (bicyclic) bond motifs is 4. The lowest BCUT2D eigenvalue weighted by molar-refractivity contribution is 0.0949. The van der Waals surface area contributed by atoms with Crippen LogP contribution < -0.4 is 5.32 Å². The molecule has 7 rings (SSSR count). The minimum Gasteiger partial charge on any atom is -0.350 e. The highest BCUT2D eigenvalue weighted by molar-refractivity contribution is 6.00. The fourth-order valence-corrected chi connectivity index (χ4v) is 6.29. The molecule has 0 radical (unpaired) electrons. The van der Waals surface area contributed by atoms with Gasteiger partial charge >= 0.3 is 0 Å². The number of likely N-dealkylation sites (tertiary alicyclic amines) is 1. The zero-order chi connectivity index (χ0) is 26.3. The maximum absolute atomic E-state index is 12.7. The molecule has 2 fully saturated rings. The molecule has 8 heteroatoms. The number of hydrogen-bond donors (Lipinski definition) is 1. The van der Waals surface area contributed by atoms with Gasteiger partial charge < -0.3 is 10.2 Å². The molecule has 0 bridgehead atoms. The number of aryl methyl sites for hydroxylation is 1. The number of aromatic nitrogens is 3. The van der Waals surface area contributed by atoms with Gasteiger partial charge in [0, 0.05) is 29.6 Å². The summed E-state index contributed by atoms with van der Waals surface area (Å²) in [5.41, 5.74) is 7.49. The number of nitrogens with zero attached hydrogens (tertiary/aromatic N) is 4. The zero-order valence-corrected chi connectivity index (χ0v) is 25.0. The van der Waals surface area contributed by atoms with Crippen LogP contribution in [0.2, 0.25) is 0 Å². The first-order valence-electron chi connectivity index (χ1n) is 14.4. The van der Waals surface area contributed by atoms with Gasteiger partial charge in [0.25, 0.3) is 5.91 Å². The first-order valence-corrected chi connectivity index (χ1v) is 14.4. The second kappa shape index (κ2) is 12.4. The highest BCUT2D eigenvalue weighted by atomic mass is 35.5. The van der Waals surface area contributed by atoms with Crippen LogP contribution in [0.4, 0.5) is 0 Å².